The number of nitrogens with zero attached hydrogens (tertiary/aromatic N) is 4. The number of rotatable bonds is 5. The van der Waals surface area contributed by atoms with Crippen LogP contribution in [0.4, 0.5) is 8.78 Å². The second-order valence-electron chi connectivity index (χ2n) is 5.57. The van der Waals surface area contributed by atoms with E-state index in [4.69, 9.17) is 8.83 Å². The molecular weight excluding hydrogens is 322 g/mol. The summed E-state index contributed by atoms with van der Waals surface area (Å²) < 4.78 is 36.5. The summed E-state index contributed by atoms with van der Waals surface area (Å²) in [6.45, 7) is 0.192. The predicted octanol–water partition coefficient (Wildman–Crippen LogP) is 2.75. The molecule has 0 atom stereocenters. The van der Waals surface area contributed by atoms with E-state index in [0.717, 1.165) is 18.5 Å². The molecule has 9 heteroatoms. The topological polar surface area (TPSA) is 87.0 Å². The van der Waals surface area contributed by atoms with Gasteiger partial charge in [0, 0.05) is 23.7 Å². The first kappa shape index (κ1) is 14.7. The summed E-state index contributed by atoms with van der Waals surface area (Å²) in [5.41, 5.74) is 0.845. The van der Waals surface area contributed by atoms with Crippen molar-refractivity contribution in [2.45, 2.75) is 31.7 Å². The Morgan fingerprint density at radius 2 is 2.17 bits per heavy atom. The van der Waals surface area contributed by atoms with Crippen LogP contribution in [0.2, 0.25) is 0 Å². The van der Waals surface area contributed by atoms with Crippen molar-refractivity contribution in [2.75, 3.05) is 0 Å². The van der Waals surface area contributed by atoms with Crippen molar-refractivity contribution >= 4 is 0 Å². The van der Waals surface area contributed by atoms with E-state index in [1.807, 2.05) is 0 Å². The Labute approximate surface area is 134 Å². The van der Waals surface area contributed by atoms with Crippen LogP contribution < -0.4 is 5.56 Å². The van der Waals surface area contributed by atoms with Gasteiger partial charge in [-0.15, -0.1) is 10.2 Å². The lowest BCUT2D eigenvalue weighted by Gasteiger charge is -2.02. The highest BCUT2D eigenvalue weighted by molar-refractivity contribution is 5.50. The van der Waals surface area contributed by atoms with Gasteiger partial charge >= 0.3 is 6.43 Å². The van der Waals surface area contributed by atoms with Gasteiger partial charge in [-0.1, -0.05) is 0 Å². The Morgan fingerprint density at radius 3 is 2.83 bits per heavy atom. The van der Waals surface area contributed by atoms with Crippen LogP contribution in [0, 0.1) is 0 Å². The summed E-state index contributed by atoms with van der Waals surface area (Å²) in [6, 6.07) is 2.78. The van der Waals surface area contributed by atoms with Crippen LogP contribution in [0.25, 0.3) is 11.5 Å². The number of hydrogen-bond acceptors (Lipinski definition) is 6. The van der Waals surface area contributed by atoms with E-state index in [0.29, 0.717) is 11.8 Å². The molecule has 3 aromatic rings. The lowest BCUT2D eigenvalue weighted by Crippen LogP contribution is -2.19. The number of aromatic nitrogens is 4. The van der Waals surface area contributed by atoms with Gasteiger partial charge in [0.25, 0.3) is 11.4 Å². The molecule has 124 valence electrons. The lowest BCUT2D eigenvalue weighted by atomic mass is 10.2. The molecule has 1 aliphatic rings. The molecule has 3 aromatic heterocycles. The van der Waals surface area contributed by atoms with E-state index in [2.05, 4.69) is 15.2 Å². The first-order valence-electron chi connectivity index (χ1n) is 7.37. The molecule has 0 aromatic carbocycles. The molecule has 0 aliphatic heterocycles. The first-order valence-corrected chi connectivity index (χ1v) is 7.37. The van der Waals surface area contributed by atoms with Crippen molar-refractivity contribution in [3.05, 3.63) is 52.4 Å². The smallest absolute Gasteiger partial charge is 0.314 e. The van der Waals surface area contributed by atoms with Crippen LogP contribution in [-0.4, -0.2) is 19.7 Å². The Bertz CT molecular complexity index is 927. The Hall–Kier alpha value is -2.84. The number of oxazole rings is 1. The highest BCUT2D eigenvalue weighted by atomic mass is 19.3. The minimum absolute atomic E-state index is 0.123. The molecule has 1 aliphatic carbocycles. The summed E-state index contributed by atoms with van der Waals surface area (Å²) in [4.78, 5) is 16.5. The van der Waals surface area contributed by atoms with E-state index in [1.54, 1.807) is 6.26 Å². The zero-order valence-electron chi connectivity index (χ0n) is 12.4. The molecular formula is C15H12F2N4O3. The van der Waals surface area contributed by atoms with Crippen LogP contribution in [0.15, 0.2) is 38.2 Å². The fraction of sp³-hybridized carbons (Fsp3) is 0.333. The molecule has 1 saturated carbocycles. The van der Waals surface area contributed by atoms with E-state index >= 15 is 0 Å². The van der Waals surface area contributed by atoms with Crippen molar-refractivity contribution in [1.82, 2.24) is 19.7 Å². The monoisotopic (exact) mass is 334 g/mol. The zero-order chi connectivity index (χ0) is 16.7. The Morgan fingerprint density at radius 1 is 1.33 bits per heavy atom. The van der Waals surface area contributed by atoms with E-state index in [-0.39, 0.29) is 23.6 Å². The summed E-state index contributed by atoms with van der Waals surface area (Å²) in [5.74, 6) is 0.0240. The summed E-state index contributed by atoms with van der Waals surface area (Å²) in [6.07, 6.45) is 2.51. The third kappa shape index (κ3) is 2.84. The molecule has 7 nitrogen and oxygen atoms in total. The van der Waals surface area contributed by atoms with Gasteiger partial charge in [-0.05, 0) is 18.9 Å². The highest BCUT2D eigenvalue weighted by Gasteiger charge is 2.27. The summed E-state index contributed by atoms with van der Waals surface area (Å²) in [7, 11) is 0. The molecule has 1 fully saturated rings. The van der Waals surface area contributed by atoms with Gasteiger partial charge in [-0.25, -0.2) is 4.98 Å². The fourth-order valence-corrected chi connectivity index (χ4v) is 2.32. The third-order valence-electron chi connectivity index (χ3n) is 3.74. The molecule has 0 bridgehead atoms. The average molecular weight is 334 g/mol. The van der Waals surface area contributed by atoms with Gasteiger partial charge < -0.3 is 13.4 Å². The van der Waals surface area contributed by atoms with Crippen molar-refractivity contribution < 1.29 is 17.6 Å². The molecule has 0 unspecified atom stereocenters. The molecule has 0 N–H and O–H groups in total. The number of alkyl halides is 2. The minimum Gasteiger partial charge on any atom is -0.447 e. The van der Waals surface area contributed by atoms with Crippen molar-refractivity contribution in [1.29, 1.82) is 0 Å². The van der Waals surface area contributed by atoms with E-state index < -0.39 is 12.3 Å². The maximum Gasteiger partial charge on any atom is 0.314 e. The van der Waals surface area contributed by atoms with Crippen LogP contribution in [-0.2, 0) is 6.54 Å². The molecule has 24 heavy (non-hydrogen) atoms. The standard InChI is InChI=1S/C15H12F2N4O3/c16-13(17)15-20-19-14(24-15)9-3-4-21(12(22)5-9)6-11-18-10(7-23-11)8-1-2-8/h3-5,7-8,13H,1-2,6H2. The lowest BCUT2D eigenvalue weighted by molar-refractivity contribution is 0.116. The highest BCUT2D eigenvalue weighted by Crippen LogP contribution is 2.39. The molecule has 3 heterocycles. The minimum atomic E-state index is -2.85. The van der Waals surface area contributed by atoms with Crippen LogP contribution in [0.5, 0.6) is 0 Å². The number of hydrogen-bond donors (Lipinski definition) is 0. The maximum atomic E-state index is 12.5. The van der Waals surface area contributed by atoms with Gasteiger partial charge in [0.2, 0.25) is 11.8 Å². The molecule has 0 amide bonds. The van der Waals surface area contributed by atoms with Gasteiger partial charge in [0.1, 0.15) is 12.8 Å². The summed E-state index contributed by atoms with van der Waals surface area (Å²) >= 11 is 0. The van der Waals surface area contributed by atoms with E-state index in [1.165, 1.54) is 22.9 Å². The van der Waals surface area contributed by atoms with Crippen LogP contribution >= 0.6 is 0 Å². The largest absolute Gasteiger partial charge is 0.447 e. The van der Waals surface area contributed by atoms with Gasteiger partial charge in [0.15, 0.2) is 0 Å². The molecule has 0 saturated heterocycles. The normalized spacial score (nSPS) is 14.5. The zero-order valence-corrected chi connectivity index (χ0v) is 12.4. The fourth-order valence-electron chi connectivity index (χ4n) is 2.32. The SMILES string of the molecule is O=c1cc(-c2nnc(C(F)F)o2)ccn1Cc1nc(C2CC2)co1. The maximum absolute atomic E-state index is 12.5. The second kappa shape index (κ2) is 5.66. The molecule has 4 rings (SSSR count). The van der Waals surface area contributed by atoms with Crippen LogP contribution in [0.1, 0.15) is 42.7 Å². The van der Waals surface area contributed by atoms with E-state index in [9.17, 15) is 13.6 Å². The summed E-state index contributed by atoms with van der Waals surface area (Å²) in [5, 5.41) is 6.75. The number of halogens is 2. The van der Waals surface area contributed by atoms with Crippen molar-refractivity contribution in [2.24, 2.45) is 0 Å². The quantitative estimate of drug-likeness (QED) is 0.713. The third-order valence-corrected chi connectivity index (χ3v) is 3.74. The predicted molar refractivity (Wildman–Crippen MR) is 76.5 cm³/mol. The second-order valence-corrected chi connectivity index (χ2v) is 5.57. The Kier molecular flexibility index (Phi) is 3.47. The van der Waals surface area contributed by atoms with Gasteiger partial charge in [-0.3, -0.25) is 4.79 Å². The average Bonchev–Trinajstić information content (AvgIpc) is 3.10. The van der Waals surface area contributed by atoms with Crippen molar-refractivity contribution in [3.63, 3.8) is 0 Å². The molecule has 0 radical (unpaired) electrons. The molecule has 0 spiro atoms. The van der Waals surface area contributed by atoms with Gasteiger partial charge in [-0.2, -0.15) is 8.78 Å². The number of pyridine rings is 1. The first-order chi connectivity index (χ1) is 11.6. The van der Waals surface area contributed by atoms with Crippen LogP contribution in [0.3, 0.4) is 0 Å². The Balaban J connectivity index is 1.55. The van der Waals surface area contributed by atoms with Crippen molar-refractivity contribution in [3.8, 4) is 11.5 Å². The van der Waals surface area contributed by atoms with Gasteiger partial charge in [0.05, 0.1) is 5.69 Å².